The summed E-state index contributed by atoms with van der Waals surface area (Å²) in [7, 11) is 1.60. The van der Waals surface area contributed by atoms with Crippen LogP contribution >= 0.6 is 0 Å². The van der Waals surface area contributed by atoms with E-state index in [4.69, 9.17) is 15.2 Å². The molecule has 2 aromatic carbocycles. The van der Waals surface area contributed by atoms with Crippen molar-refractivity contribution in [3.8, 4) is 17.2 Å². The predicted molar refractivity (Wildman–Crippen MR) is 74.6 cm³/mol. The summed E-state index contributed by atoms with van der Waals surface area (Å²) >= 11 is 0. The third-order valence-electron chi connectivity index (χ3n) is 2.92. The Kier molecular flexibility index (Phi) is 3.80. The van der Waals surface area contributed by atoms with E-state index in [1.165, 1.54) is 0 Å². The lowest BCUT2D eigenvalue weighted by atomic mass is 10.1. The van der Waals surface area contributed by atoms with Crippen molar-refractivity contribution >= 4 is 5.69 Å². The number of benzene rings is 2. The maximum absolute atomic E-state index is 9.35. The molecule has 0 heterocycles. The second-order valence-electron chi connectivity index (χ2n) is 4.27. The lowest BCUT2D eigenvalue weighted by Gasteiger charge is -2.13. The van der Waals surface area contributed by atoms with Crippen molar-refractivity contribution in [2.24, 2.45) is 0 Å². The molecule has 0 atom stereocenters. The van der Waals surface area contributed by atoms with Gasteiger partial charge in [-0.3, -0.25) is 0 Å². The van der Waals surface area contributed by atoms with Gasteiger partial charge in [0.05, 0.1) is 12.7 Å². The highest BCUT2D eigenvalue weighted by molar-refractivity contribution is 5.54. The molecule has 0 saturated heterocycles. The molecule has 4 nitrogen and oxygen atoms in total. The largest absolute Gasteiger partial charge is 0.508 e. The fraction of sp³-hybridized carbons (Fsp3) is 0.200. The smallest absolute Gasteiger partial charge is 0.127 e. The minimum atomic E-state index is 0.224. The Bertz CT molecular complexity index is 582. The number of phenols is 1. The number of ether oxygens (including phenoxy) is 2. The Labute approximate surface area is 112 Å². The van der Waals surface area contributed by atoms with Gasteiger partial charge >= 0.3 is 0 Å². The van der Waals surface area contributed by atoms with Crippen molar-refractivity contribution in [2.75, 3.05) is 12.8 Å². The first-order valence-corrected chi connectivity index (χ1v) is 5.95. The molecule has 100 valence electrons. The van der Waals surface area contributed by atoms with Gasteiger partial charge in [0.15, 0.2) is 0 Å². The van der Waals surface area contributed by atoms with Crippen molar-refractivity contribution in [3.63, 3.8) is 0 Å². The van der Waals surface area contributed by atoms with Gasteiger partial charge in [-0.15, -0.1) is 0 Å². The van der Waals surface area contributed by atoms with Crippen molar-refractivity contribution in [2.45, 2.75) is 13.5 Å². The maximum atomic E-state index is 9.35. The summed E-state index contributed by atoms with van der Waals surface area (Å²) in [6.45, 7) is 2.20. The second-order valence-corrected chi connectivity index (χ2v) is 4.27. The molecule has 0 fully saturated rings. The van der Waals surface area contributed by atoms with E-state index in [2.05, 4.69) is 0 Å². The molecule has 0 aliphatic heterocycles. The number of nitrogens with two attached hydrogens (primary N) is 1. The molecule has 0 spiro atoms. The van der Waals surface area contributed by atoms with Crippen LogP contribution in [-0.4, -0.2) is 12.2 Å². The van der Waals surface area contributed by atoms with Crippen molar-refractivity contribution in [1.82, 2.24) is 0 Å². The van der Waals surface area contributed by atoms with E-state index in [1.54, 1.807) is 25.3 Å². The molecule has 0 radical (unpaired) electrons. The molecule has 0 bridgehead atoms. The van der Waals surface area contributed by atoms with Crippen LogP contribution in [0.25, 0.3) is 0 Å². The van der Waals surface area contributed by atoms with Crippen molar-refractivity contribution < 1.29 is 14.6 Å². The Balaban J connectivity index is 2.19. The van der Waals surface area contributed by atoms with Gasteiger partial charge < -0.3 is 20.3 Å². The van der Waals surface area contributed by atoms with Crippen LogP contribution in [0.2, 0.25) is 0 Å². The van der Waals surface area contributed by atoms with Gasteiger partial charge in [-0.25, -0.2) is 0 Å². The lowest BCUT2D eigenvalue weighted by Crippen LogP contribution is -2.03. The Hall–Kier alpha value is -2.36. The summed E-state index contributed by atoms with van der Waals surface area (Å²) in [5.74, 6) is 1.64. The van der Waals surface area contributed by atoms with E-state index in [0.717, 1.165) is 11.1 Å². The van der Waals surface area contributed by atoms with E-state index in [9.17, 15) is 5.11 Å². The topological polar surface area (TPSA) is 64.7 Å². The summed E-state index contributed by atoms with van der Waals surface area (Å²) < 4.78 is 11.0. The molecule has 0 amide bonds. The lowest BCUT2D eigenvalue weighted by molar-refractivity contribution is 0.295. The van der Waals surface area contributed by atoms with E-state index < -0.39 is 0 Å². The first-order valence-electron chi connectivity index (χ1n) is 5.95. The van der Waals surface area contributed by atoms with E-state index in [0.29, 0.717) is 23.8 Å². The first kappa shape index (κ1) is 13.1. The summed E-state index contributed by atoms with van der Waals surface area (Å²) in [6.07, 6.45) is 0. The average molecular weight is 259 g/mol. The number of rotatable bonds is 4. The summed E-state index contributed by atoms with van der Waals surface area (Å²) in [4.78, 5) is 0. The van der Waals surface area contributed by atoms with E-state index in [-0.39, 0.29) is 5.75 Å². The van der Waals surface area contributed by atoms with Crippen LogP contribution < -0.4 is 15.2 Å². The van der Waals surface area contributed by atoms with Crippen LogP contribution in [0.5, 0.6) is 17.2 Å². The molecule has 0 aromatic heterocycles. The van der Waals surface area contributed by atoms with Gasteiger partial charge in [-0.2, -0.15) is 0 Å². The van der Waals surface area contributed by atoms with Crippen LogP contribution in [0, 0.1) is 6.92 Å². The number of methoxy groups -OCH3 is 1. The van der Waals surface area contributed by atoms with Gasteiger partial charge in [-0.05, 0) is 42.8 Å². The zero-order valence-corrected chi connectivity index (χ0v) is 11.0. The van der Waals surface area contributed by atoms with Gasteiger partial charge in [0.2, 0.25) is 0 Å². The monoisotopic (exact) mass is 259 g/mol. The highest BCUT2D eigenvalue weighted by Crippen LogP contribution is 2.28. The third-order valence-corrected chi connectivity index (χ3v) is 2.92. The SMILES string of the molecule is COc1cccc(N)c1COc1ccc(O)cc1C. The third kappa shape index (κ3) is 2.91. The number of hydrogen-bond donors (Lipinski definition) is 2. The number of aromatic hydroxyl groups is 1. The molecular weight excluding hydrogens is 242 g/mol. The number of hydrogen-bond acceptors (Lipinski definition) is 4. The van der Waals surface area contributed by atoms with Crippen LogP contribution in [-0.2, 0) is 6.61 Å². The Morgan fingerprint density at radius 3 is 2.63 bits per heavy atom. The molecule has 0 saturated carbocycles. The van der Waals surface area contributed by atoms with Crippen LogP contribution in [0.3, 0.4) is 0 Å². The molecule has 0 aliphatic carbocycles. The fourth-order valence-corrected chi connectivity index (χ4v) is 1.87. The average Bonchev–Trinajstić information content (AvgIpc) is 2.39. The van der Waals surface area contributed by atoms with Crippen LogP contribution in [0.1, 0.15) is 11.1 Å². The normalized spacial score (nSPS) is 10.2. The Morgan fingerprint density at radius 2 is 1.95 bits per heavy atom. The predicted octanol–water partition coefficient (Wildman–Crippen LogP) is 2.87. The molecule has 0 unspecified atom stereocenters. The first-order chi connectivity index (χ1) is 9.11. The van der Waals surface area contributed by atoms with Crippen molar-refractivity contribution in [3.05, 3.63) is 47.5 Å². The zero-order valence-electron chi connectivity index (χ0n) is 11.0. The molecule has 19 heavy (non-hydrogen) atoms. The highest BCUT2D eigenvalue weighted by atomic mass is 16.5. The maximum Gasteiger partial charge on any atom is 0.127 e. The molecule has 2 aromatic rings. The summed E-state index contributed by atoms with van der Waals surface area (Å²) in [5, 5.41) is 9.35. The van der Waals surface area contributed by atoms with E-state index >= 15 is 0 Å². The number of phenolic OH excluding ortho intramolecular Hbond substituents is 1. The fourth-order valence-electron chi connectivity index (χ4n) is 1.87. The van der Waals surface area contributed by atoms with E-state index in [1.807, 2.05) is 25.1 Å². The van der Waals surface area contributed by atoms with Gasteiger partial charge in [0.25, 0.3) is 0 Å². The Morgan fingerprint density at radius 1 is 1.16 bits per heavy atom. The summed E-state index contributed by atoms with van der Waals surface area (Å²) in [6, 6.07) is 10.5. The minimum Gasteiger partial charge on any atom is -0.508 e. The number of aryl methyl sites for hydroxylation is 1. The minimum absolute atomic E-state index is 0.224. The van der Waals surface area contributed by atoms with Gasteiger partial charge in [-0.1, -0.05) is 6.07 Å². The highest BCUT2D eigenvalue weighted by Gasteiger charge is 2.08. The molecule has 0 aliphatic rings. The van der Waals surface area contributed by atoms with Gasteiger partial charge in [0, 0.05) is 5.69 Å². The zero-order chi connectivity index (χ0) is 13.8. The quantitative estimate of drug-likeness (QED) is 0.829. The molecular formula is C15H17NO3. The number of anilines is 1. The van der Waals surface area contributed by atoms with Crippen molar-refractivity contribution in [1.29, 1.82) is 0 Å². The van der Waals surface area contributed by atoms with Crippen LogP contribution in [0.15, 0.2) is 36.4 Å². The van der Waals surface area contributed by atoms with Crippen LogP contribution in [0.4, 0.5) is 5.69 Å². The molecule has 2 rings (SSSR count). The number of nitrogen functional groups attached to an aromatic ring is 1. The standard InChI is InChI=1S/C15H17NO3/c1-10-8-11(17)6-7-14(10)19-9-12-13(16)4-3-5-15(12)18-2/h3-8,17H,9,16H2,1-2H3. The molecule has 3 N–H and O–H groups in total. The summed E-state index contributed by atoms with van der Waals surface area (Å²) in [5.41, 5.74) is 8.24. The van der Waals surface area contributed by atoms with Gasteiger partial charge in [0.1, 0.15) is 23.9 Å². The second kappa shape index (κ2) is 5.52. The molecule has 4 heteroatoms.